The molecule has 1 atom stereocenters. The second-order valence-corrected chi connectivity index (χ2v) is 6.58. The van der Waals surface area contributed by atoms with Crippen molar-refractivity contribution in [3.05, 3.63) is 35.9 Å². The summed E-state index contributed by atoms with van der Waals surface area (Å²) >= 11 is 0. The minimum Gasteiger partial charge on any atom is -0.389 e. The summed E-state index contributed by atoms with van der Waals surface area (Å²) in [5.74, 6) is 0. The maximum Gasteiger partial charge on any atom is 0.0741 e. The van der Waals surface area contributed by atoms with Crippen LogP contribution in [0.2, 0.25) is 0 Å². The lowest BCUT2D eigenvalue weighted by atomic mass is 9.97. The first-order chi connectivity index (χ1) is 9.45. The van der Waals surface area contributed by atoms with Gasteiger partial charge in [-0.3, -0.25) is 4.90 Å². The highest BCUT2D eigenvalue weighted by Crippen LogP contribution is 2.16. The predicted molar refractivity (Wildman–Crippen MR) is 83.6 cm³/mol. The number of rotatable bonds is 5. The fourth-order valence-electron chi connectivity index (χ4n) is 2.66. The average molecular weight is 276 g/mol. The molecule has 0 saturated carbocycles. The van der Waals surface area contributed by atoms with Gasteiger partial charge in [0.05, 0.1) is 5.60 Å². The third kappa shape index (κ3) is 4.58. The molecule has 3 heteroatoms. The van der Waals surface area contributed by atoms with Crippen molar-refractivity contribution in [1.82, 2.24) is 10.2 Å². The first kappa shape index (κ1) is 15.5. The summed E-state index contributed by atoms with van der Waals surface area (Å²) in [5.41, 5.74) is 0.741. The molecule has 1 aliphatic rings. The molecule has 1 aromatic rings. The van der Waals surface area contributed by atoms with E-state index in [9.17, 15) is 5.11 Å². The van der Waals surface area contributed by atoms with Crippen LogP contribution in [0.5, 0.6) is 0 Å². The monoisotopic (exact) mass is 276 g/mol. The SMILES string of the molecule is CC(NC1CCN(Cc2ccccc2)CC1)C(C)(C)O. The van der Waals surface area contributed by atoms with Gasteiger partial charge < -0.3 is 10.4 Å². The van der Waals surface area contributed by atoms with Crippen molar-refractivity contribution in [2.24, 2.45) is 0 Å². The Labute approximate surface area is 123 Å². The number of hydrogen-bond acceptors (Lipinski definition) is 3. The molecule has 0 radical (unpaired) electrons. The van der Waals surface area contributed by atoms with Crippen LogP contribution in [0.3, 0.4) is 0 Å². The first-order valence-electron chi connectivity index (χ1n) is 7.70. The number of hydrogen-bond donors (Lipinski definition) is 2. The van der Waals surface area contributed by atoms with Gasteiger partial charge in [0.15, 0.2) is 0 Å². The third-order valence-corrected chi connectivity index (χ3v) is 4.38. The number of aliphatic hydroxyl groups is 1. The summed E-state index contributed by atoms with van der Waals surface area (Å²) in [4.78, 5) is 2.52. The Morgan fingerprint density at radius 3 is 2.40 bits per heavy atom. The molecule has 0 bridgehead atoms. The van der Waals surface area contributed by atoms with Crippen LogP contribution < -0.4 is 5.32 Å². The van der Waals surface area contributed by atoms with Gasteiger partial charge in [-0.15, -0.1) is 0 Å². The second-order valence-electron chi connectivity index (χ2n) is 6.58. The molecule has 1 saturated heterocycles. The molecule has 112 valence electrons. The average Bonchev–Trinajstić information content (AvgIpc) is 2.41. The highest BCUT2D eigenvalue weighted by atomic mass is 16.3. The van der Waals surface area contributed by atoms with Crippen LogP contribution in [-0.2, 0) is 6.54 Å². The van der Waals surface area contributed by atoms with Crippen LogP contribution in [0.4, 0.5) is 0 Å². The molecule has 1 fully saturated rings. The molecule has 1 unspecified atom stereocenters. The molecule has 3 nitrogen and oxygen atoms in total. The molecule has 1 aliphatic heterocycles. The summed E-state index contributed by atoms with van der Waals surface area (Å²) in [5, 5.41) is 13.6. The molecule has 0 aliphatic carbocycles. The highest BCUT2D eigenvalue weighted by molar-refractivity contribution is 5.14. The van der Waals surface area contributed by atoms with E-state index < -0.39 is 5.60 Å². The van der Waals surface area contributed by atoms with Crippen molar-refractivity contribution in [1.29, 1.82) is 0 Å². The van der Waals surface area contributed by atoms with Crippen LogP contribution in [0.15, 0.2) is 30.3 Å². The summed E-state index contributed by atoms with van der Waals surface area (Å²) in [6.45, 7) is 9.12. The van der Waals surface area contributed by atoms with E-state index in [1.54, 1.807) is 0 Å². The van der Waals surface area contributed by atoms with E-state index in [-0.39, 0.29) is 6.04 Å². The summed E-state index contributed by atoms with van der Waals surface area (Å²) in [7, 11) is 0. The highest BCUT2D eigenvalue weighted by Gasteiger charge is 2.26. The molecular weight excluding hydrogens is 248 g/mol. The van der Waals surface area contributed by atoms with Gasteiger partial charge in [-0.1, -0.05) is 30.3 Å². The van der Waals surface area contributed by atoms with Crippen molar-refractivity contribution >= 4 is 0 Å². The number of benzene rings is 1. The topological polar surface area (TPSA) is 35.5 Å². The first-order valence-corrected chi connectivity index (χ1v) is 7.70. The van der Waals surface area contributed by atoms with Gasteiger partial charge in [0, 0.05) is 18.6 Å². The third-order valence-electron chi connectivity index (χ3n) is 4.38. The zero-order chi connectivity index (χ0) is 14.6. The van der Waals surface area contributed by atoms with Gasteiger partial charge in [0.25, 0.3) is 0 Å². The number of likely N-dealkylation sites (tertiary alicyclic amines) is 1. The van der Waals surface area contributed by atoms with Gasteiger partial charge in [-0.25, -0.2) is 0 Å². The lowest BCUT2D eigenvalue weighted by Gasteiger charge is -2.36. The lowest BCUT2D eigenvalue weighted by Crippen LogP contribution is -2.52. The molecule has 2 N–H and O–H groups in total. The molecule has 20 heavy (non-hydrogen) atoms. The molecule has 1 aromatic carbocycles. The Balaban J connectivity index is 1.75. The Kier molecular flexibility index (Phi) is 5.19. The molecule has 0 amide bonds. The molecule has 1 heterocycles. The Morgan fingerprint density at radius 1 is 1.25 bits per heavy atom. The second kappa shape index (κ2) is 6.70. The van der Waals surface area contributed by atoms with E-state index in [4.69, 9.17) is 0 Å². The smallest absolute Gasteiger partial charge is 0.0741 e. The number of nitrogens with zero attached hydrogens (tertiary/aromatic N) is 1. The Hall–Kier alpha value is -0.900. The Morgan fingerprint density at radius 2 is 1.85 bits per heavy atom. The van der Waals surface area contributed by atoms with Gasteiger partial charge in [0.2, 0.25) is 0 Å². The van der Waals surface area contributed by atoms with E-state index in [0.29, 0.717) is 6.04 Å². The summed E-state index contributed by atoms with van der Waals surface area (Å²) in [6, 6.07) is 11.3. The predicted octanol–water partition coefficient (Wildman–Crippen LogP) is 2.40. The van der Waals surface area contributed by atoms with Gasteiger partial charge in [0.1, 0.15) is 0 Å². The van der Waals surface area contributed by atoms with Crippen molar-refractivity contribution in [3.63, 3.8) is 0 Å². The molecule has 2 rings (SSSR count). The van der Waals surface area contributed by atoms with Crippen LogP contribution in [0.25, 0.3) is 0 Å². The van der Waals surface area contributed by atoms with Crippen LogP contribution in [0, 0.1) is 0 Å². The maximum absolute atomic E-state index is 9.99. The largest absolute Gasteiger partial charge is 0.389 e. The van der Waals surface area contributed by atoms with Crippen LogP contribution >= 0.6 is 0 Å². The summed E-state index contributed by atoms with van der Waals surface area (Å²) < 4.78 is 0. The van der Waals surface area contributed by atoms with E-state index >= 15 is 0 Å². The van der Waals surface area contributed by atoms with E-state index in [2.05, 4.69) is 47.5 Å². The lowest BCUT2D eigenvalue weighted by molar-refractivity contribution is 0.0350. The minimum atomic E-state index is -0.652. The van der Waals surface area contributed by atoms with Crippen molar-refractivity contribution in [2.75, 3.05) is 13.1 Å². The van der Waals surface area contributed by atoms with Gasteiger partial charge in [-0.2, -0.15) is 0 Å². The fourth-order valence-corrected chi connectivity index (χ4v) is 2.66. The zero-order valence-corrected chi connectivity index (χ0v) is 13.0. The van der Waals surface area contributed by atoms with E-state index in [1.165, 1.54) is 5.56 Å². The van der Waals surface area contributed by atoms with Crippen LogP contribution in [-0.4, -0.2) is 40.8 Å². The zero-order valence-electron chi connectivity index (χ0n) is 13.0. The molecule has 0 aromatic heterocycles. The summed E-state index contributed by atoms with van der Waals surface area (Å²) in [6.07, 6.45) is 2.32. The van der Waals surface area contributed by atoms with Crippen molar-refractivity contribution < 1.29 is 5.11 Å². The Bertz CT molecular complexity index is 391. The van der Waals surface area contributed by atoms with Gasteiger partial charge >= 0.3 is 0 Å². The maximum atomic E-state index is 9.99. The molecule has 0 spiro atoms. The standard InChI is InChI=1S/C17H28N2O/c1-14(17(2,3)20)18-16-9-11-19(12-10-16)13-15-7-5-4-6-8-15/h4-8,14,16,18,20H,9-13H2,1-3H3. The quantitative estimate of drug-likeness (QED) is 0.867. The van der Waals surface area contributed by atoms with Crippen molar-refractivity contribution in [2.45, 2.75) is 57.8 Å². The normalized spacial score (nSPS) is 20.0. The minimum absolute atomic E-state index is 0.133. The van der Waals surface area contributed by atoms with Crippen LogP contribution in [0.1, 0.15) is 39.2 Å². The van der Waals surface area contributed by atoms with E-state index in [0.717, 1.165) is 32.5 Å². The fraction of sp³-hybridized carbons (Fsp3) is 0.647. The van der Waals surface area contributed by atoms with E-state index in [1.807, 2.05) is 13.8 Å². The number of piperidine rings is 1. The van der Waals surface area contributed by atoms with Crippen molar-refractivity contribution in [3.8, 4) is 0 Å². The number of nitrogens with one attached hydrogen (secondary N) is 1. The van der Waals surface area contributed by atoms with Gasteiger partial charge in [-0.05, 0) is 52.3 Å². The molecular formula is C17H28N2O.